The van der Waals surface area contributed by atoms with Crippen molar-refractivity contribution in [2.75, 3.05) is 19.7 Å². The number of hydrogen-bond donors (Lipinski definition) is 1. The second kappa shape index (κ2) is 6.92. The number of rotatable bonds is 2. The Morgan fingerprint density at radius 3 is 3.10 bits per heavy atom. The van der Waals surface area contributed by atoms with Gasteiger partial charge in [0.15, 0.2) is 0 Å². The molecule has 1 atom stereocenters. The Morgan fingerprint density at radius 1 is 1.60 bits per heavy atom. The minimum absolute atomic E-state index is 0.133. The first kappa shape index (κ1) is 15.1. The molecular weight excluding hydrogens is 270 g/mol. The molecule has 2 rings (SSSR count). The van der Waals surface area contributed by atoms with Gasteiger partial charge in [0.2, 0.25) is 0 Å². The summed E-state index contributed by atoms with van der Waals surface area (Å²) < 4.78 is 0. The molecule has 4 heteroatoms. The fourth-order valence-electron chi connectivity index (χ4n) is 2.57. The van der Waals surface area contributed by atoms with E-state index in [-0.39, 0.29) is 12.5 Å². The molecular formula is C16H21NO2S. The van der Waals surface area contributed by atoms with Gasteiger partial charge in [-0.3, -0.25) is 4.79 Å². The van der Waals surface area contributed by atoms with Crippen molar-refractivity contribution in [1.82, 2.24) is 4.90 Å². The highest BCUT2D eigenvalue weighted by Gasteiger charge is 2.24. The Hall–Kier alpha value is -1.31. The van der Waals surface area contributed by atoms with Crippen molar-refractivity contribution in [2.24, 2.45) is 5.92 Å². The molecule has 1 N–H and O–H groups in total. The molecule has 108 valence electrons. The minimum Gasteiger partial charge on any atom is -0.384 e. The van der Waals surface area contributed by atoms with Crippen molar-refractivity contribution in [3.05, 3.63) is 21.4 Å². The van der Waals surface area contributed by atoms with Crippen LogP contribution in [0.4, 0.5) is 0 Å². The summed E-state index contributed by atoms with van der Waals surface area (Å²) >= 11 is 1.43. The lowest BCUT2D eigenvalue weighted by atomic mass is 9.95. The predicted molar refractivity (Wildman–Crippen MR) is 81.9 cm³/mol. The first-order chi connectivity index (χ1) is 9.65. The highest BCUT2D eigenvalue weighted by atomic mass is 32.1. The fraction of sp³-hybridized carbons (Fsp3) is 0.562. The van der Waals surface area contributed by atoms with E-state index in [1.54, 1.807) is 0 Å². The molecule has 1 aromatic heterocycles. The maximum atomic E-state index is 12.5. The van der Waals surface area contributed by atoms with Gasteiger partial charge in [-0.15, -0.1) is 11.3 Å². The number of amides is 1. The number of hydrogen-bond acceptors (Lipinski definition) is 3. The molecule has 1 fully saturated rings. The molecule has 1 unspecified atom stereocenters. The van der Waals surface area contributed by atoms with Crippen molar-refractivity contribution in [1.29, 1.82) is 0 Å². The van der Waals surface area contributed by atoms with Crippen LogP contribution in [0.5, 0.6) is 0 Å². The summed E-state index contributed by atoms with van der Waals surface area (Å²) in [7, 11) is 0. The van der Waals surface area contributed by atoms with Gasteiger partial charge in [0, 0.05) is 13.1 Å². The van der Waals surface area contributed by atoms with Crippen LogP contribution in [0.15, 0.2) is 6.07 Å². The fourth-order valence-corrected chi connectivity index (χ4v) is 3.59. The maximum Gasteiger partial charge on any atom is 0.263 e. The van der Waals surface area contributed by atoms with Gasteiger partial charge in [-0.25, -0.2) is 0 Å². The third kappa shape index (κ3) is 3.41. The van der Waals surface area contributed by atoms with E-state index in [1.807, 2.05) is 17.9 Å². The Morgan fingerprint density at radius 2 is 2.40 bits per heavy atom. The lowest BCUT2D eigenvalue weighted by Crippen LogP contribution is -2.39. The Bertz CT molecular complexity index is 538. The molecule has 0 aromatic carbocycles. The van der Waals surface area contributed by atoms with E-state index in [0.29, 0.717) is 5.92 Å². The highest BCUT2D eigenvalue weighted by molar-refractivity contribution is 7.14. The number of carbonyl (C=O) groups is 1. The molecule has 1 saturated heterocycles. The summed E-state index contributed by atoms with van der Waals surface area (Å²) in [5.74, 6) is 6.33. The third-order valence-corrected chi connectivity index (χ3v) is 4.93. The van der Waals surface area contributed by atoms with Crippen LogP contribution in [0.25, 0.3) is 0 Å². The first-order valence-corrected chi connectivity index (χ1v) is 7.96. The van der Waals surface area contributed by atoms with E-state index in [2.05, 4.69) is 18.8 Å². The van der Waals surface area contributed by atoms with Crippen LogP contribution in [0.3, 0.4) is 0 Å². The molecule has 2 heterocycles. The van der Waals surface area contributed by atoms with Crippen LogP contribution in [0, 0.1) is 24.7 Å². The van der Waals surface area contributed by atoms with Crippen LogP contribution < -0.4 is 0 Å². The van der Waals surface area contributed by atoms with E-state index >= 15 is 0 Å². The number of thiophene rings is 1. The first-order valence-electron chi connectivity index (χ1n) is 7.15. The zero-order chi connectivity index (χ0) is 14.5. The topological polar surface area (TPSA) is 40.5 Å². The Labute approximate surface area is 124 Å². The molecule has 0 aliphatic carbocycles. The average Bonchev–Trinajstić information content (AvgIpc) is 2.85. The van der Waals surface area contributed by atoms with Crippen LogP contribution in [0.1, 0.15) is 46.3 Å². The molecule has 0 bridgehead atoms. The molecule has 0 radical (unpaired) electrons. The SMILES string of the molecule is CCC1CCCN(C(=O)c2cc(C)c(C#CCO)s2)C1. The zero-order valence-electron chi connectivity index (χ0n) is 12.1. The number of aliphatic hydroxyl groups excluding tert-OH is 1. The van der Waals surface area contributed by atoms with E-state index < -0.39 is 0 Å². The molecule has 20 heavy (non-hydrogen) atoms. The largest absolute Gasteiger partial charge is 0.384 e. The summed E-state index contributed by atoms with van der Waals surface area (Å²) in [4.78, 5) is 16.2. The lowest BCUT2D eigenvalue weighted by molar-refractivity contribution is 0.0676. The minimum atomic E-state index is -0.148. The van der Waals surface area contributed by atoms with Gasteiger partial charge >= 0.3 is 0 Å². The standard InChI is InChI=1S/C16H21NO2S/c1-3-13-6-4-8-17(11-13)16(19)15-10-12(2)14(20-15)7-5-9-18/h10,13,18H,3-4,6,8-9,11H2,1-2H3. The van der Waals surface area contributed by atoms with Gasteiger partial charge in [0.1, 0.15) is 6.61 Å². The summed E-state index contributed by atoms with van der Waals surface area (Å²) in [5.41, 5.74) is 1.02. The van der Waals surface area contributed by atoms with Gasteiger partial charge in [-0.1, -0.05) is 25.2 Å². The molecule has 1 aromatic rings. The van der Waals surface area contributed by atoms with Crippen molar-refractivity contribution >= 4 is 17.2 Å². The van der Waals surface area contributed by atoms with Crippen LogP contribution in [-0.4, -0.2) is 35.6 Å². The number of nitrogens with zero attached hydrogens (tertiary/aromatic N) is 1. The zero-order valence-corrected chi connectivity index (χ0v) is 12.9. The number of likely N-dealkylation sites (tertiary alicyclic amines) is 1. The quantitative estimate of drug-likeness (QED) is 0.851. The Balaban J connectivity index is 2.13. The molecule has 1 aliphatic rings. The molecule has 1 aliphatic heterocycles. The van der Waals surface area contributed by atoms with Gasteiger partial charge < -0.3 is 10.0 Å². The van der Waals surface area contributed by atoms with Gasteiger partial charge in [-0.05, 0) is 37.3 Å². The van der Waals surface area contributed by atoms with E-state index in [0.717, 1.165) is 41.2 Å². The average molecular weight is 291 g/mol. The summed E-state index contributed by atoms with van der Waals surface area (Å²) in [6.07, 6.45) is 3.48. The van der Waals surface area contributed by atoms with E-state index in [4.69, 9.17) is 5.11 Å². The van der Waals surface area contributed by atoms with Crippen molar-refractivity contribution < 1.29 is 9.90 Å². The second-order valence-electron chi connectivity index (χ2n) is 5.25. The van der Waals surface area contributed by atoms with Crippen LogP contribution in [-0.2, 0) is 0 Å². The Kier molecular flexibility index (Phi) is 5.22. The number of piperidine rings is 1. The summed E-state index contributed by atoms with van der Waals surface area (Å²) in [6.45, 7) is 5.75. The molecule has 3 nitrogen and oxygen atoms in total. The smallest absolute Gasteiger partial charge is 0.263 e. The predicted octanol–water partition coefficient (Wildman–Crippen LogP) is 2.66. The van der Waals surface area contributed by atoms with Crippen molar-refractivity contribution in [2.45, 2.75) is 33.1 Å². The molecule has 0 saturated carbocycles. The van der Waals surface area contributed by atoms with Crippen molar-refractivity contribution in [3.63, 3.8) is 0 Å². The van der Waals surface area contributed by atoms with E-state index in [1.165, 1.54) is 17.8 Å². The lowest BCUT2D eigenvalue weighted by Gasteiger charge is -2.32. The summed E-state index contributed by atoms with van der Waals surface area (Å²) in [6, 6.07) is 1.92. The van der Waals surface area contributed by atoms with Gasteiger partial charge in [-0.2, -0.15) is 0 Å². The maximum absolute atomic E-state index is 12.5. The van der Waals surface area contributed by atoms with E-state index in [9.17, 15) is 4.79 Å². The number of aryl methyl sites for hydroxylation is 1. The molecule has 1 amide bonds. The normalized spacial score (nSPS) is 18.6. The second-order valence-corrected chi connectivity index (χ2v) is 6.30. The number of carbonyl (C=O) groups excluding carboxylic acids is 1. The monoisotopic (exact) mass is 291 g/mol. The summed E-state index contributed by atoms with van der Waals surface area (Å²) in [5, 5.41) is 8.75. The number of aliphatic hydroxyl groups is 1. The highest BCUT2D eigenvalue weighted by Crippen LogP contribution is 2.25. The van der Waals surface area contributed by atoms with Gasteiger partial charge in [0.05, 0.1) is 9.75 Å². The van der Waals surface area contributed by atoms with Crippen molar-refractivity contribution in [3.8, 4) is 11.8 Å². The molecule has 0 spiro atoms. The van der Waals surface area contributed by atoms with Crippen LogP contribution >= 0.6 is 11.3 Å². The van der Waals surface area contributed by atoms with Crippen LogP contribution in [0.2, 0.25) is 0 Å². The third-order valence-electron chi connectivity index (χ3n) is 3.79. The van der Waals surface area contributed by atoms with Gasteiger partial charge in [0.25, 0.3) is 5.91 Å².